The number of hydrogen-bond acceptors (Lipinski definition) is 4. The van der Waals surface area contributed by atoms with Crippen molar-refractivity contribution >= 4 is 11.8 Å². The Kier molecular flexibility index (Phi) is 6.03. The molecular formula is C23H20FN3OS. The van der Waals surface area contributed by atoms with Gasteiger partial charge in [-0.15, -0.1) is 10.2 Å². The molecular weight excluding hydrogens is 385 g/mol. The van der Waals surface area contributed by atoms with Crippen LogP contribution in [0.5, 0.6) is 0 Å². The van der Waals surface area contributed by atoms with Gasteiger partial charge >= 0.3 is 0 Å². The van der Waals surface area contributed by atoms with Crippen molar-refractivity contribution in [1.29, 1.82) is 0 Å². The van der Waals surface area contributed by atoms with Crippen molar-refractivity contribution in [2.24, 2.45) is 0 Å². The standard InChI is InChI=1S/C23H20FN3OS/c24-20-14-8-7-13-19(20)22-25-26-23(27(22)15-17-9-3-1-4-10-17)29-16-21(28)18-11-5-2-6-12-18/h1-14,21,28H,15-16H2/t21-/m0/s1. The number of hydrogen-bond donors (Lipinski definition) is 1. The van der Waals surface area contributed by atoms with Crippen LogP contribution in [0.25, 0.3) is 11.4 Å². The van der Waals surface area contributed by atoms with E-state index in [4.69, 9.17) is 0 Å². The predicted octanol–water partition coefficient (Wildman–Crippen LogP) is 4.96. The molecule has 0 saturated carbocycles. The molecule has 1 N–H and O–H groups in total. The number of aromatic nitrogens is 3. The Hall–Kier alpha value is -2.96. The van der Waals surface area contributed by atoms with Crippen LogP contribution in [0, 0.1) is 5.82 Å². The van der Waals surface area contributed by atoms with Crippen LogP contribution in [0.4, 0.5) is 4.39 Å². The monoisotopic (exact) mass is 405 g/mol. The Morgan fingerprint density at radius 2 is 1.52 bits per heavy atom. The van der Waals surface area contributed by atoms with E-state index in [1.807, 2.05) is 65.2 Å². The molecule has 1 heterocycles. The normalized spacial score (nSPS) is 12.1. The summed E-state index contributed by atoms with van der Waals surface area (Å²) in [5, 5.41) is 19.7. The van der Waals surface area contributed by atoms with Gasteiger partial charge in [-0.3, -0.25) is 4.57 Å². The highest BCUT2D eigenvalue weighted by molar-refractivity contribution is 7.99. The van der Waals surface area contributed by atoms with E-state index >= 15 is 0 Å². The third-order valence-corrected chi connectivity index (χ3v) is 5.61. The second-order valence-corrected chi connectivity index (χ2v) is 7.58. The predicted molar refractivity (Wildman–Crippen MR) is 113 cm³/mol. The Balaban J connectivity index is 1.64. The molecule has 0 aliphatic heterocycles. The minimum atomic E-state index is -0.625. The zero-order valence-corrected chi connectivity index (χ0v) is 16.5. The zero-order valence-electron chi connectivity index (χ0n) is 15.6. The van der Waals surface area contributed by atoms with Crippen LogP contribution in [-0.4, -0.2) is 25.6 Å². The third kappa shape index (κ3) is 4.55. The summed E-state index contributed by atoms with van der Waals surface area (Å²) in [7, 11) is 0. The average molecular weight is 405 g/mol. The molecule has 6 heteroatoms. The van der Waals surface area contributed by atoms with Crippen LogP contribution in [0.1, 0.15) is 17.2 Å². The van der Waals surface area contributed by atoms with E-state index in [0.29, 0.717) is 28.8 Å². The molecule has 0 saturated heterocycles. The second-order valence-electron chi connectivity index (χ2n) is 6.60. The minimum Gasteiger partial charge on any atom is -0.388 e. The van der Waals surface area contributed by atoms with Gasteiger partial charge in [-0.05, 0) is 23.3 Å². The van der Waals surface area contributed by atoms with Crippen LogP contribution in [0.2, 0.25) is 0 Å². The molecule has 4 nitrogen and oxygen atoms in total. The first-order valence-corrected chi connectivity index (χ1v) is 10.3. The summed E-state index contributed by atoms with van der Waals surface area (Å²) < 4.78 is 16.3. The van der Waals surface area contributed by atoms with Gasteiger partial charge in [0.15, 0.2) is 11.0 Å². The lowest BCUT2D eigenvalue weighted by atomic mass is 10.1. The van der Waals surface area contributed by atoms with Crippen molar-refractivity contribution in [2.45, 2.75) is 17.8 Å². The fraction of sp³-hybridized carbons (Fsp3) is 0.130. The van der Waals surface area contributed by atoms with Crippen LogP contribution < -0.4 is 0 Å². The Morgan fingerprint density at radius 1 is 0.862 bits per heavy atom. The Bertz CT molecular complexity index is 1070. The van der Waals surface area contributed by atoms with Gasteiger partial charge in [-0.25, -0.2) is 4.39 Å². The average Bonchev–Trinajstić information content (AvgIpc) is 3.16. The molecule has 4 aromatic rings. The molecule has 0 fully saturated rings. The first-order chi connectivity index (χ1) is 14.2. The summed E-state index contributed by atoms with van der Waals surface area (Å²) in [4.78, 5) is 0. The highest BCUT2D eigenvalue weighted by Gasteiger charge is 2.19. The summed E-state index contributed by atoms with van der Waals surface area (Å²) in [6.07, 6.45) is -0.625. The number of benzene rings is 3. The molecule has 146 valence electrons. The molecule has 4 rings (SSSR count). The van der Waals surface area contributed by atoms with Crippen LogP contribution in [0.15, 0.2) is 90.1 Å². The second kappa shape index (κ2) is 9.03. The number of thioether (sulfide) groups is 1. The van der Waals surface area contributed by atoms with Gasteiger partial charge in [0.1, 0.15) is 5.82 Å². The molecule has 0 bridgehead atoms. The highest BCUT2D eigenvalue weighted by Crippen LogP contribution is 2.29. The van der Waals surface area contributed by atoms with Crippen molar-refractivity contribution in [1.82, 2.24) is 14.8 Å². The molecule has 0 aliphatic rings. The lowest BCUT2D eigenvalue weighted by Gasteiger charge is -2.13. The molecule has 1 aromatic heterocycles. The summed E-state index contributed by atoms with van der Waals surface area (Å²) in [5.41, 5.74) is 2.32. The summed E-state index contributed by atoms with van der Waals surface area (Å²) >= 11 is 1.41. The van der Waals surface area contributed by atoms with Gasteiger partial charge in [0.2, 0.25) is 0 Å². The van der Waals surface area contributed by atoms with E-state index in [0.717, 1.165) is 11.1 Å². The molecule has 0 aliphatic carbocycles. The first kappa shape index (κ1) is 19.4. The lowest BCUT2D eigenvalue weighted by Crippen LogP contribution is -2.06. The molecule has 0 spiro atoms. The Labute approximate surface area is 173 Å². The van der Waals surface area contributed by atoms with Crippen molar-refractivity contribution in [3.63, 3.8) is 0 Å². The number of nitrogens with zero attached hydrogens (tertiary/aromatic N) is 3. The van der Waals surface area contributed by atoms with E-state index in [-0.39, 0.29) is 5.82 Å². The smallest absolute Gasteiger partial charge is 0.191 e. The molecule has 29 heavy (non-hydrogen) atoms. The van der Waals surface area contributed by atoms with Crippen molar-refractivity contribution < 1.29 is 9.50 Å². The maximum absolute atomic E-state index is 14.4. The Morgan fingerprint density at radius 3 is 2.24 bits per heavy atom. The largest absolute Gasteiger partial charge is 0.388 e. The minimum absolute atomic E-state index is 0.338. The quantitative estimate of drug-likeness (QED) is 0.442. The van der Waals surface area contributed by atoms with Gasteiger partial charge < -0.3 is 5.11 Å². The molecule has 0 radical (unpaired) electrons. The van der Waals surface area contributed by atoms with E-state index in [1.54, 1.807) is 18.2 Å². The van der Waals surface area contributed by atoms with E-state index in [1.165, 1.54) is 17.8 Å². The van der Waals surface area contributed by atoms with Gasteiger partial charge in [0, 0.05) is 5.75 Å². The molecule has 0 unspecified atom stereocenters. The van der Waals surface area contributed by atoms with E-state index in [9.17, 15) is 9.50 Å². The van der Waals surface area contributed by atoms with Crippen LogP contribution in [-0.2, 0) is 6.54 Å². The lowest BCUT2D eigenvalue weighted by molar-refractivity contribution is 0.204. The van der Waals surface area contributed by atoms with Crippen molar-refractivity contribution in [3.8, 4) is 11.4 Å². The fourth-order valence-corrected chi connectivity index (χ4v) is 3.98. The number of rotatable bonds is 7. The molecule has 3 aromatic carbocycles. The van der Waals surface area contributed by atoms with Gasteiger partial charge in [0.05, 0.1) is 18.2 Å². The fourth-order valence-electron chi connectivity index (χ4n) is 3.07. The van der Waals surface area contributed by atoms with Crippen LogP contribution >= 0.6 is 11.8 Å². The summed E-state index contributed by atoms with van der Waals surface area (Å²) in [5.74, 6) is 0.563. The van der Waals surface area contributed by atoms with Gasteiger partial charge in [-0.2, -0.15) is 0 Å². The van der Waals surface area contributed by atoms with E-state index in [2.05, 4.69) is 10.2 Å². The summed E-state index contributed by atoms with van der Waals surface area (Å²) in [6, 6.07) is 26.0. The first-order valence-electron chi connectivity index (χ1n) is 9.30. The maximum Gasteiger partial charge on any atom is 0.191 e. The molecule has 1 atom stereocenters. The third-order valence-electron chi connectivity index (χ3n) is 4.57. The number of aliphatic hydroxyl groups is 1. The highest BCUT2D eigenvalue weighted by atomic mass is 32.2. The zero-order chi connectivity index (χ0) is 20.1. The SMILES string of the molecule is O[C@@H](CSc1nnc(-c2ccccc2F)n1Cc1ccccc1)c1ccccc1. The van der Waals surface area contributed by atoms with E-state index < -0.39 is 6.10 Å². The number of halogens is 1. The maximum atomic E-state index is 14.4. The van der Waals surface area contributed by atoms with Crippen LogP contribution in [0.3, 0.4) is 0 Å². The van der Waals surface area contributed by atoms with Crippen molar-refractivity contribution in [3.05, 3.63) is 102 Å². The number of aliphatic hydroxyl groups excluding tert-OH is 1. The molecule has 0 amide bonds. The van der Waals surface area contributed by atoms with Crippen molar-refractivity contribution in [2.75, 3.05) is 5.75 Å². The van der Waals surface area contributed by atoms with Gasteiger partial charge in [0.25, 0.3) is 0 Å². The topological polar surface area (TPSA) is 50.9 Å². The summed E-state index contributed by atoms with van der Waals surface area (Å²) in [6.45, 7) is 0.515. The van der Waals surface area contributed by atoms with Gasteiger partial charge in [-0.1, -0.05) is 84.6 Å².